The van der Waals surface area contributed by atoms with Crippen LogP contribution in [0.5, 0.6) is 0 Å². The first kappa shape index (κ1) is 22.7. The molecular formula is C21H30N2O3S2. The molecule has 1 heterocycles. The van der Waals surface area contributed by atoms with Crippen LogP contribution in [0.15, 0.2) is 34.0 Å². The van der Waals surface area contributed by atoms with Crippen LogP contribution < -0.4 is 4.90 Å². The number of carboxylic acids is 1. The topological polar surface area (TPSA) is 73.7 Å². The van der Waals surface area contributed by atoms with Gasteiger partial charge in [0.05, 0.1) is 5.69 Å². The van der Waals surface area contributed by atoms with Gasteiger partial charge in [0.15, 0.2) is 4.34 Å². The highest BCUT2D eigenvalue weighted by Crippen LogP contribution is 2.34. The maximum Gasteiger partial charge on any atom is 0.319 e. The smallest absolute Gasteiger partial charge is 0.319 e. The molecule has 0 amide bonds. The number of hydrogen-bond donors (Lipinski definition) is 2. The molecule has 0 atom stereocenters. The number of thioether (sulfide) groups is 1. The molecule has 28 heavy (non-hydrogen) atoms. The minimum Gasteiger partial charge on any atom is -0.480 e. The predicted molar refractivity (Wildman–Crippen MR) is 118 cm³/mol. The highest BCUT2D eigenvalue weighted by molar-refractivity contribution is 8.02. The van der Waals surface area contributed by atoms with Crippen molar-refractivity contribution in [3.05, 3.63) is 40.9 Å². The molecule has 0 fully saturated rings. The average Bonchev–Trinajstić information content (AvgIpc) is 3.06. The van der Waals surface area contributed by atoms with Gasteiger partial charge in [-0.1, -0.05) is 37.7 Å². The molecule has 2 aromatic rings. The number of aliphatic hydroxyl groups excluding tert-OH is 1. The van der Waals surface area contributed by atoms with Crippen LogP contribution in [0.1, 0.15) is 39.0 Å². The molecule has 1 aromatic heterocycles. The van der Waals surface area contributed by atoms with E-state index in [1.54, 1.807) is 13.8 Å². The van der Waals surface area contributed by atoms with Crippen LogP contribution in [0.3, 0.4) is 0 Å². The normalized spacial score (nSPS) is 11.8. The number of aliphatic carboxylic acids is 1. The lowest BCUT2D eigenvalue weighted by atomic mass is 10.1. The van der Waals surface area contributed by atoms with Gasteiger partial charge in [0, 0.05) is 37.2 Å². The first-order valence-corrected chi connectivity index (χ1v) is 11.2. The molecule has 7 heteroatoms. The number of hydrogen-bond acceptors (Lipinski definition) is 6. The lowest BCUT2D eigenvalue weighted by Gasteiger charge is -2.26. The fourth-order valence-electron chi connectivity index (χ4n) is 2.73. The molecule has 0 radical (unpaired) electrons. The van der Waals surface area contributed by atoms with Gasteiger partial charge in [-0.2, -0.15) is 0 Å². The Bertz CT molecular complexity index is 757. The first-order valence-electron chi connectivity index (χ1n) is 9.53. The van der Waals surface area contributed by atoms with Crippen LogP contribution in [0, 0.1) is 5.92 Å². The summed E-state index contributed by atoms with van der Waals surface area (Å²) in [6, 6.07) is 8.38. The molecule has 0 saturated heterocycles. The lowest BCUT2D eigenvalue weighted by molar-refractivity contribution is -0.138. The van der Waals surface area contributed by atoms with Crippen LogP contribution >= 0.6 is 23.1 Å². The Morgan fingerprint density at radius 1 is 1.25 bits per heavy atom. The zero-order chi connectivity index (χ0) is 20.7. The van der Waals surface area contributed by atoms with E-state index in [-0.39, 0.29) is 6.61 Å². The van der Waals surface area contributed by atoms with E-state index in [2.05, 4.69) is 48.0 Å². The van der Waals surface area contributed by atoms with Gasteiger partial charge in [0.25, 0.3) is 0 Å². The second-order valence-electron chi connectivity index (χ2n) is 7.75. The molecule has 2 rings (SSSR count). The van der Waals surface area contributed by atoms with E-state index >= 15 is 0 Å². The van der Waals surface area contributed by atoms with Gasteiger partial charge in [0.1, 0.15) is 4.75 Å². The summed E-state index contributed by atoms with van der Waals surface area (Å²) in [6.45, 7) is 9.79. The molecule has 0 bridgehead atoms. The summed E-state index contributed by atoms with van der Waals surface area (Å²) in [5.41, 5.74) is 3.31. The van der Waals surface area contributed by atoms with Gasteiger partial charge < -0.3 is 15.1 Å². The number of benzene rings is 1. The van der Waals surface area contributed by atoms with Crippen LogP contribution in [0.25, 0.3) is 0 Å². The van der Waals surface area contributed by atoms with Crippen LogP contribution in [-0.4, -0.2) is 45.6 Å². The Morgan fingerprint density at radius 3 is 2.50 bits per heavy atom. The minimum absolute atomic E-state index is 0.165. The molecule has 2 N–H and O–H groups in total. The number of anilines is 1. The highest BCUT2D eigenvalue weighted by Gasteiger charge is 2.29. The Morgan fingerprint density at radius 2 is 1.93 bits per heavy atom. The van der Waals surface area contributed by atoms with Gasteiger partial charge in [0.2, 0.25) is 0 Å². The van der Waals surface area contributed by atoms with Crippen molar-refractivity contribution in [2.24, 2.45) is 5.92 Å². The molecule has 1 aromatic carbocycles. The highest BCUT2D eigenvalue weighted by atomic mass is 32.2. The van der Waals surface area contributed by atoms with E-state index in [0.717, 1.165) is 35.1 Å². The molecule has 154 valence electrons. The Hall–Kier alpha value is -1.57. The van der Waals surface area contributed by atoms with Crippen molar-refractivity contribution in [1.29, 1.82) is 0 Å². The third kappa shape index (κ3) is 6.79. The largest absolute Gasteiger partial charge is 0.480 e. The summed E-state index contributed by atoms with van der Waals surface area (Å²) in [4.78, 5) is 18.3. The fourth-order valence-corrected chi connectivity index (χ4v) is 4.96. The number of nitrogens with zero attached hydrogens (tertiary/aromatic N) is 2. The second kappa shape index (κ2) is 10.3. The zero-order valence-corrected chi connectivity index (χ0v) is 18.6. The summed E-state index contributed by atoms with van der Waals surface area (Å²) in [5.74, 6) is -0.294. The van der Waals surface area contributed by atoms with E-state index in [1.807, 2.05) is 5.38 Å². The summed E-state index contributed by atoms with van der Waals surface area (Å²) in [5, 5.41) is 20.4. The molecule has 0 aliphatic rings. The van der Waals surface area contributed by atoms with Crippen molar-refractivity contribution in [2.45, 2.75) is 49.6 Å². The maximum atomic E-state index is 11.3. The van der Waals surface area contributed by atoms with Crippen LogP contribution in [-0.2, 0) is 17.6 Å². The van der Waals surface area contributed by atoms with E-state index in [9.17, 15) is 9.90 Å². The zero-order valence-electron chi connectivity index (χ0n) is 17.0. The molecule has 0 unspecified atom stereocenters. The Kier molecular flexibility index (Phi) is 8.34. The van der Waals surface area contributed by atoms with Crippen molar-refractivity contribution < 1.29 is 15.0 Å². The van der Waals surface area contributed by atoms with Gasteiger partial charge in [-0.3, -0.25) is 4.79 Å². The lowest BCUT2D eigenvalue weighted by Crippen LogP contribution is -2.30. The number of aliphatic hydroxyl groups is 1. The SMILES string of the molecule is CC(C)CN(CCc1csc(SC(C)(C)C(=O)O)n1)c1ccc(CCO)cc1. The van der Waals surface area contributed by atoms with Crippen molar-refractivity contribution in [2.75, 3.05) is 24.6 Å². The van der Waals surface area contributed by atoms with E-state index < -0.39 is 10.7 Å². The average molecular weight is 423 g/mol. The van der Waals surface area contributed by atoms with E-state index in [0.29, 0.717) is 12.3 Å². The third-order valence-corrected chi connectivity index (χ3v) is 6.49. The summed E-state index contributed by atoms with van der Waals surface area (Å²) in [6.07, 6.45) is 1.49. The summed E-state index contributed by atoms with van der Waals surface area (Å²) >= 11 is 2.81. The van der Waals surface area contributed by atoms with Crippen molar-refractivity contribution >= 4 is 34.8 Å². The monoisotopic (exact) mass is 422 g/mol. The summed E-state index contributed by atoms with van der Waals surface area (Å²) < 4.78 is -0.0825. The minimum atomic E-state index is -0.880. The van der Waals surface area contributed by atoms with Gasteiger partial charge in [-0.15, -0.1) is 11.3 Å². The van der Waals surface area contributed by atoms with Gasteiger partial charge in [-0.05, 0) is 43.9 Å². The molecule has 0 aliphatic heterocycles. The third-order valence-electron chi connectivity index (χ3n) is 4.31. The quantitative estimate of drug-likeness (QED) is 0.525. The van der Waals surface area contributed by atoms with Crippen LogP contribution in [0.4, 0.5) is 5.69 Å². The Labute approximate surface area is 175 Å². The number of carboxylic acid groups (broad SMARTS) is 1. The van der Waals surface area contributed by atoms with E-state index in [1.165, 1.54) is 28.8 Å². The van der Waals surface area contributed by atoms with Gasteiger partial charge >= 0.3 is 5.97 Å². The standard InChI is InChI=1S/C21H30N2O3S2/c1-15(2)13-23(18-7-5-16(6-8-18)10-12-24)11-9-17-14-27-20(22-17)28-21(3,4)19(25)26/h5-8,14-15,24H,9-13H2,1-4H3,(H,25,26). The van der Waals surface area contributed by atoms with E-state index in [4.69, 9.17) is 5.11 Å². The second-order valence-corrected chi connectivity index (χ2v) is 10.5. The molecular weight excluding hydrogens is 392 g/mol. The van der Waals surface area contributed by atoms with Gasteiger partial charge in [-0.25, -0.2) is 4.98 Å². The first-order chi connectivity index (χ1) is 13.2. The molecule has 5 nitrogen and oxygen atoms in total. The van der Waals surface area contributed by atoms with Crippen molar-refractivity contribution in [3.8, 4) is 0 Å². The van der Waals surface area contributed by atoms with Crippen molar-refractivity contribution in [1.82, 2.24) is 4.98 Å². The molecule has 0 spiro atoms. The number of carbonyl (C=O) groups is 1. The van der Waals surface area contributed by atoms with Crippen LogP contribution in [0.2, 0.25) is 0 Å². The molecule has 0 saturated carbocycles. The molecule has 0 aliphatic carbocycles. The number of aromatic nitrogens is 1. The summed E-state index contributed by atoms with van der Waals surface area (Å²) in [7, 11) is 0. The number of rotatable bonds is 11. The maximum absolute atomic E-state index is 11.3. The predicted octanol–water partition coefficient (Wildman–Crippen LogP) is 4.34. The van der Waals surface area contributed by atoms with Crippen molar-refractivity contribution in [3.63, 3.8) is 0 Å². The Balaban J connectivity index is 2.03. The number of thiazole rings is 1. The fraction of sp³-hybridized carbons (Fsp3) is 0.524.